The maximum Gasteiger partial charge on any atom is 0.338 e. The van der Waals surface area contributed by atoms with Gasteiger partial charge in [0.1, 0.15) is 0 Å². The van der Waals surface area contributed by atoms with Gasteiger partial charge in [0.2, 0.25) is 11.8 Å². The van der Waals surface area contributed by atoms with E-state index in [-0.39, 0.29) is 42.7 Å². The molecule has 2 amide bonds. The zero-order valence-electron chi connectivity index (χ0n) is 19.3. The highest BCUT2D eigenvalue weighted by Crippen LogP contribution is 2.29. The first kappa shape index (κ1) is 25.6. The summed E-state index contributed by atoms with van der Waals surface area (Å²) in [7, 11) is 0. The van der Waals surface area contributed by atoms with Crippen LogP contribution in [0.5, 0.6) is 0 Å². The molecule has 1 aliphatic rings. The number of nitrogens with zero attached hydrogens (tertiary/aromatic N) is 1. The highest BCUT2D eigenvalue weighted by atomic mass is 79.9. The Bertz CT molecular complexity index is 1320. The molecule has 1 saturated heterocycles. The van der Waals surface area contributed by atoms with Crippen LogP contribution >= 0.6 is 27.5 Å². The highest BCUT2D eigenvalue weighted by Gasteiger charge is 2.35. The van der Waals surface area contributed by atoms with E-state index in [0.717, 1.165) is 10.0 Å². The van der Waals surface area contributed by atoms with Crippen LogP contribution in [0.1, 0.15) is 32.7 Å². The molecule has 1 atom stereocenters. The number of hydrogen-bond acceptors (Lipinski definition) is 5. The standard InChI is InChI=1S/C27H22BrClN2O5/c1-16-2-11-22(13-23(16)29)31-14-19(12-25(31)33)26(34)30-21-9-5-18(6-10-21)27(35)36-15-24(32)17-3-7-20(28)8-4-17/h2-11,13,19H,12,14-15H2,1H3,(H,30,34)/t19-/m1/s1. The molecule has 3 aromatic rings. The van der Waals surface area contributed by atoms with Crippen LogP contribution in [-0.4, -0.2) is 36.7 Å². The second-order valence-electron chi connectivity index (χ2n) is 8.41. The molecule has 184 valence electrons. The predicted octanol–water partition coefficient (Wildman–Crippen LogP) is 5.44. The monoisotopic (exact) mass is 568 g/mol. The molecule has 7 nitrogen and oxygen atoms in total. The van der Waals surface area contributed by atoms with Crippen molar-refractivity contribution >= 4 is 62.5 Å². The van der Waals surface area contributed by atoms with E-state index < -0.39 is 11.9 Å². The van der Waals surface area contributed by atoms with Crippen molar-refractivity contribution in [2.24, 2.45) is 5.92 Å². The van der Waals surface area contributed by atoms with Crippen LogP contribution in [-0.2, 0) is 14.3 Å². The minimum Gasteiger partial charge on any atom is -0.454 e. The van der Waals surface area contributed by atoms with E-state index >= 15 is 0 Å². The Kier molecular flexibility index (Phi) is 7.86. The second kappa shape index (κ2) is 11.1. The number of nitrogens with one attached hydrogen (secondary N) is 1. The normalized spacial score (nSPS) is 15.0. The number of Topliss-reactive ketones (excluding diaryl/α,β-unsaturated/α-hetero) is 1. The van der Waals surface area contributed by atoms with Crippen LogP contribution in [0.2, 0.25) is 5.02 Å². The molecule has 9 heteroatoms. The third kappa shape index (κ3) is 6.01. The number of anilines is 2. The van der Waals surface area contributed by atoms with Crippen LogP contribution in [0.3, 0.4) is 0 Å². The van der Waals surface area contributed by atoms with Gasteiger partial charge in [-0.25, -0.2) is 4.79 Å². The molecule has 1 fully saturated rings. The summed E-state index contributed by atoms with van der Waals surface area (Å²) < 4.78 is 5.96. The van der Waals surface area contributed by atoms with Crippen LogP contribution in [0, 0.1) is 12.8 Å². The molecule has 0 aromatic heterocycles. The predicted molar refractivity (Wildman–Crippen MR) is 140 cm³/mol. The zero-order chi connectivity index (χ0) is 25.8. The highest BCUT2D eigenvalue weighted by molar-refractivity contribution is 9.10. The summed E-state index contributed by atoms with van der Waals surface area (Å²) in [4.78, 5) is 51.3. The van der Waals surface area contributed by atoms with Gasteiger partial charge in [0.15, 0.2) is 12.4 Å². The Morgan fingerprint density at radius 2 is 1.69 bits per heavy atom. The van der Waals surface area contributed by atoms with Gasteiger partial charge in [0, 0.05) is 39.4 Å². The zero-order valence-corrected chi connectivity index (χ0v) is 21.6. The van der Waals surface area contributed by atoms with Gasteiger partial charge < -0.3 is 15.0 Å². The van der Waals surface area contributed by atoms with Crippen molar-refractivity contribution < 1.29 is 23.9 Å². The molecule has 36 heavy (non-hydrogen) atoms. The molecule has 1 N–H and O–H groups in total. The maximum atomic E-state index is 12.8. The van der Waals surface area contributed by atoms with Gasteiger partial charge in [-0.2, -0.15) is 0 Å². The van der Waals surface area contributed by atoms with Crippen LogP contribution in [0.25, 0.3) is 0 Å². The largest absolute Gasteiger partial charge is 0.454 e. The van der Waals surface area contributed by atoms with E-state index in [4.69, 9.17) is 16.3 Å². The lowest BCUT2D eigenvalue weighted by Gasteiger charge is -2.17. The van der Waals surface area contributed by atoms with Gasteiger partial charge in [-0.3, -0.25) is 14.4 Å². The summed E-state index contributed by atoms with van der Waals surface area (Å²) in [6.45, 7) is 1.75. The fraction of sp³-hybridized carbons (Fsp3) is 0.185. The first-order valence-corrected chi connectivity index (χ1v) is 12.3. The molecule has 0 saturated carbocycles. The molecule has 0 spiro atoms. The van der Waals surface area contributed by atoms with Gasteiger partial charge >= 0.3 is 5.97 Å². The third-order valence-corrected chi connectivity index (χ3v) is 6.79. The van der Waals surface area contributed by atoms with E-state index in [2.05, 4.69) is 21.2 Å². The number of aryl methyl sites for hydroxylation is 1. The van der Waals surface area contributed by atoms with E-state index in [1.165, 1.54) is 12.1 Å². The van der Waals surface area contributed by atoms with E-state index in [0.29, 0.717) is 22.0 Å². The maximum absolute atomic E-state index is 12.8. The fourth-order valence-corrected chi connectivity index (χ4v) is 4.19. The Balaban J connectivity index is 1.31. The minimum atomic E-state index is -0.646. The van der Waals surface area contributed by atoms with Crippen LogP contribution < -0.4 is 10.2 Å². The van der Waals surface area contributed by atoms with Gasteiger partial charge in [0.05, 0.1) is 11.5 Å². The van der Waals surface area contributed by atoms with Crippen molar-refractivity contribution in [3.05, 3.63) is 92.9 Å². The number of hydrogen-bond donors (Lipinski definition) is 1. The minimum absolute atomic E-state index is 0.0914. The number of carbonyl (C=O) groups excluding carboxylic acids is 4. The molecule has 3 aromatic carbocycles. The Hall–Kier alpha value is -3.49. The number of amides is 2. The average molecular weight is 570 g/mol. The molecule has 0 bridgehead atoms. The molecule has 1 heterocycles. The summed E-state index contributed by atoms with van der Waals surface area (Å²) in [5, 5.41) is 3.35. The second-order valence-corrected chi connectivity index (χ2v) is 9.73. The van der Waals surface area contributed by atoms with E-state index in [9.17, 15) is 19.2 Å². The number of halogens is 2. The van der Waals surface area contributed by atoms with Crippen LogP contribution in [0.4, 0.5) is 11.4 Å². The first-order valence-electron chi connectivity index (χ1n) is 11.1. The Labute approximate surface area is 221 Å². The average Bonchev–Trinajstić information content (AvgIpc) is 3.26. The molecular formula is C27H22BrClN2O5. The van der Waals surface area contributed by atoms with Crippen molar-refractivity contribution in [1.82, 2.24) is 0 Å². The first-order chi connectivity index (χ1) is 17.2. The summed E-state index contributed by atoms with van der Waals surface area (Å²) in [6.07, 6.45) is 0.0914. The molecule has 1 aliphatic heterocycles. The van der Waals surface area contributed by atoms with Crippen molar-refractivity contribution in [1.29, 1.82) is 0 Å². The summed E-state index contributed by atoms with van der Waals surface area (Å²) in [5.41, 5.74) is 2.73. The number of esters is 1. The van der Waals surface area contributed by atoms with Crippen molar-refractivity contribution in [2.75, 3.05) is 23.4 Å². The lowest BCUT2D eigenvalue weighted by molar-refractivity contribution is -0.122. The summed E-state index contributed by atoms with van der Waals surface area (Å²) in [6, 6.07) is 18.3. The molecular weight excluding hydrogens is 548 g/mol. The smallest absolute Gasteiger partial charge is 0.338 e. The quantitative estimate of drug-likeness (QED) is 0.302. The molecule has 0 radical (unpaired) electrons. The Morgan fingerprint density at radius 1 is 1.03 bits per heavy atom. The number of rotatable bonds is 7. The SMILES string of the molecule is Cc1ccc(N2C[C@H](C(=O)Nc3ccc(C(=O)OCC(=O)c4ccc(Br)cc4)cc3)CC2=O)cc1Cl. The Morgan fingerprint density at radius 3 is 2.36 bits per heavy atom. The number of ether oxygens (including phenoxy) is 1. The van der Waals surface area contributed by atoms with Gasteiger partial charge in [-0.05, 0) is 61.0 Å². The lowest BCUT2D eigenvalue weighted by Crippen LogP contribution is -2.28. The fourth-order valence-electron chi connectivity index (χ4n) is 3.75. The summed E-state index contributed by atoms with van der Waals surface area (Å²) >= 11 is 9.48. The van der Waals surface area contributed by atoms with Crippen molar-refractivity contribution in [2.45, 2.75) is 13.3 Å². The lowest BCUT2D eigenvalue weighted by atomic mass is 10.1. The number of benzene rings is 3. The number of ketones is 1. The van der Waals surface area contributed by atoms with E-state index in [1.807, 2.05) is 19.1 Å². The molecule has 0 aliphatic carbocycles. The third-order valence-electron chi connectivity index (χ3n) is 5.85. The van der Waals surface area contributed by atoms with Crippen molar-refractivity contribution in [3.8, 4) is 0 Å². The van der Waals surface area contributed by atoms with Gasteiger partial charge in [-0.1, -0.05) is 45.7 Å². The van der Waals surface area contributed by atoms with Crippen LogP contribution in [0.15, 0.2) is 71.2 Å². The topological polar surface area (TPSA) is 92.8 Å². The molecule has 4 rings (SSSR count). The van der Waals surface area contributed by atoms with Crippen molar-refractivity contribution in [3.63, 3.8) is 0 Å². The van der Waals surface area contributed by atoms with Gasteiger partial charge in [-0.15, -0.1) is 0 Å². The molecule has 0 unspecified atom stereocenters. The van der Waals surface area contributed by atoms with Gasteiger partial charge in [0.25, 0.3) is 0 Å². The van der Waals surface area contributed by atoms with E-state index in [1.54, 1.807) is 47.4 Å². The number of carbonyl (C=O) groups is 4. The summed E-state index contributed by atoms with van der Waals surface area (Å²) in [5.74, 6) is -1.92.